The minimum Gasteiger partial charge on any atom is -0.312 e. The van der Waals surface area contributed by atoms with Gasteiger partial charge in [-0.2, -0.15) is 4.31 Å². The zero-order chi connectivity index (χ0) is 21.3. The lowest BCUT2D eigenvalue weighted by atomic mass is 10.00. The molecule has 0 atom stereocenters. The number of carbonyl (C=O) groups is 1. The van der Waals surface area contributed by atoms with Gasteiger partial charge in [0.05, 0.1) is 10.6 Å². The highest BCUT2D eigenvalue weighted by atomic mass is 32.2. The number of hydrogen-bond donors (Lipinski definition) is 0. The van der Waals surface area contributed by atoms with Crippen molar-refractivity contribution < 1.29 is 22.0 Å². The second-order valence-corrected chi connectivity index (χ2v) is 9.73. The van der Waals surface area contributed by atoms with Crippen LogP contribution in [0.1, 0.15) is 36.8 Å². The Morgan fingerprint density at radius 1 is 0.967 bits per heavy atom. The lowest BCUT2D eigenvalue weighted by Gasteiger charge is -2.30. The molecule has 1 amide bonds. The predicted molar refractivity (Wildman–Crippen MR) is 110 cm³/mol. The lowest BCUT2D eigenvalue weighted by molar-refractivity contribution is -0.118. The van der Waals surface area contributed by atoms with Gasteiger partial charge in [-0.1, -0.05) is 12.1 Å². The van der Waals surface area contributed by atoms with E-state index in [9.17, 15) is 22.0 Å². The van der Waals surface area contributed by atoms with Crippen LogP contribution in [0.25, 0.3) is 0 Å². The van der Waals surface area contributed by atoms with Gasteiger partial charge in [-0.25, -0.2) is 17.2 Å². The zero-order valence-corrected chi connectivity index (χ0v) is 17.4. The highest BCUT2D eigenvalue weighted by molar-refractivity contribution is 7.89. The average Bonchev–Trinajstić information content (AvgIpc) is 3.28. The van der Waals surface area contributed by atoms with E-state index in [1.54, 1.807) is 24.3 Å². The van der Waals surface area contributed by atoms with Crippen molar-refractivity contribution in [3.05, 3.63) is 59.2 Å². The Balaban J connectivity index is 1.43. The van der Waals surface area contributed by atoms with Crippen LogP contribution in [-0.4, -0.2) is 38.3 Å². The number of carbonyl (C=O) groups excluding carboxylic acids is 1. The van der Waals surface area contributed by atoms with Crippen molar-refractivity contribution in [2.75, 3.05) is 24.5 Å². The summed E-state index contributed by atoms with van der Waals surface area (Å²) in [5.74, 6) is -1.51. The maximum absolute atomic E-state index is 14.0. The SMILES string of the molecule is O=C(CCc1ccc(S(=O)(=O)N2CCCC2)cc1)N1CCCc2c(F)cc(F)cc21. The Labute approximate surface area is 175 Å². The van der Waals surface area contributed by atoms with Crippen LogP contribution < -0.4 is 4.90 Å². The molecule has 0 N–H and O–H groups in total. The number of sulfonamides is 1. The van der Waals surface area contributed by atoms with Crippen LogP contribution in [0.15, 0.2) is 41.3 Å². The predicted octanol–water partition coefficient (Wildman–Crippen LogP) is 3.66. The smallest absolute Gasteiger partial charge is 0.243 e. The van der Waals surface area contributed by atoms with Crippen LogP contribution in [0.5, 0.6) is 0 Å². The van der Waals surface area contributed by atoms with Gasteiger partial charge in [0.15, 0.2) is 0 Å². The molecule has 30 heavy (non-hydrogen) atoms. The second-order valence-electron chi connectivity index (χ2n) is 7.79. The largest absolute Gasteiger partial charge is 0.312 e. The van der Waals surface area contributed by atoms with Gasteiger partial charge in [-0.05, 0) is 55.9 Å². The molecule has 4 rings (SSSR count). The first-order chi connectivity index (χ1) is 14.4. The van der Waals surface area contributed by atoms with Gasteiger partial charge >= 0.3 is 0 Å². The summed E-state index contributed by atoms with van der Waals surface area (Å²) in [6.07, 6.45) is 3.48. The van der Waals surface area contributed by atoms with Crippen molar-refractivity contribution in [1.29, 1.82) is 0 Å². The van der Waals surface area contributed by atoms with Crippen LogP contribution >= 0.6 is 0 Å². The van der Waals surface area contributed by atoms with Gasteiger partial charge in [0, 0.05) is 37.7 Å². The van der Waals surface area contributed by atoms with Crippen molar-refractivity contribution in [3.63, 3.8) is 0 Å². The van der Waals surface area contributed by atoms with Gasteiger partial charge < -0.3 is 4.90 Å². The fraction of sp³-hybridized carbons (Fsp3) is 0.409. The van der Waals surface area contributed by atoms with E-state index in [1.807, 2.05) is 0 Å². The van der Waals surface area contributed by atoms with E-state index in [0.717, 1.165) is 24.5 Å². The Morgan fingerprint density at radius 3 is 2.37 bits per heavy atom. The number of fused-ring (bicyclic) bond motifs is 1. The molecular weight excluding hydrogens is 410 g/mol. The summed E-state index contributed by atoms with van der Waals surface area (Å²) < 4.78 is 54.4. The molecular formula is C22H24F2N2O3S. The molecule has 0 spiro atoms. The maximum Gasteiger partial charge on any atom is 0.243 e. The van der Waals surface area contributed by atoms with E-state index in [0.29, 0.717) is 50.1 Å². The second kappa shape index (κ2) is 8.43. The molecule has 2 aromatic carbocycles. The number of rotatable bonds is 5. The van der Waals surface area contributed by atoms with E-state index < -0.39 is 21.7 Å². The minimum absolute atomic E-state index is 0.176. The van der Waals surface area contributed by atoms with Gasteiger partial charge in [0.2, 0.25) is 15.9 Å². The summed E-state index contributed by atoms with van der Waals surface area (Å²) in [7, 11) is -3.46. The molecule has 160 valence electrons. The van der Waals surface area contributed by atoms with E-state index in [1.165, 1.54) is 15.3 Å². The summed E-state index contributed by atoms with van der Waals surface area (Å²) in [6.45, 7) is 1.54. The van der Waals surface area contributed by atoms with E-state index in [2.05, 4.69) is 0 Å². The highest BCUT2D eigenvalue weighted by Gasteiger charge is 2.27. The fourth-order valence-corrected chi connectivity index (χ4v) is 5.68. The van der Waals surface area contributed by atoms with E-state index in [4.69, 9.17) is 0 Å². The lowest BCUT2D eigenvalue weighted by Crippen LogP contribution is -2.36. The summed E-state index contributed by atoms with van der Waals surface area (Å²) in [5.41, 5.74) is 1.54. The molecule has 0 unspecified atom stereocenters. The summed E-state index contributed by atoms with van der Waals surface area (Å²) >= 11 is 0. The molecule has 5 nitrogen and oxygen atoms in total. The number of benzene rings is 2. The van der Waals surface area contributed by atoms with Crippen LogP contribution in [0.3, 0.4) is 0 Å². The van der Waals surface area contributed by atoms with Crippen molar-refractivity contribution in [3.8, 4) is 0 Å². The molecule has 0 radical (unpaired) electrons. The number of hydrogen-bond acceptors (Lipinski definition) is 3. The van der Waals surface area contributed by atoms with E-state index in [-0.39, 0.29) is 17.2 Å². The third-order valence-electron chi connectivity index (χ3n) is 5.79. The van der Waals surface area contributed by atoms with Gasteiger partial charge in [0.25, 0.3) is 0 Å². The van der Waals surface area contributed by atoms with Crippen LogP contribution in [0.4, 0.5) is 14.5 Å². The van der Waals surface area contributed by atoms with Crippen LogP contribution in [-0.2, 0) is 27.7 Å². The molecule has 2 aromatic rings. The molecule has 8 heteroatoms. The van der Waals surface area contributed by atoms with Crippen LogP contribution in [0, 0.1) is 11.6 Å². The van der Waals surface area contributed by atoms with Crippen molar-refractivity contribution in [1.82, 2.24) is 4.31 Å². The highest BCUT2D eigenvalue weighted by Crippen LogP contribution is 2.31. The molecule has 0 aliphatic carbocycles. The monoisotopic (exact) mass is 434 g/mol. The molecule has 2 heterocycles. The Hall–Kier alpha value is -2.32. The molecule has 0 bridgehead atoms. The number of halogens is 2. The minimum atomic E-state index is -3.46. The number of amides is 1. The van der Waals surface area contributed by atoms with Gasteiger partial charge in [-0.3, -0.25) is 4.79 Å². The summed E-state index contributed by atoms with van der Waals surface area (Å²) in [5, 5.41) is 0. The molecule has 2 aliphatic heterocycles. The fourth-order valence-electron chi connectivity index (χ4n) is 4.16. The molecule has 0 saturated carbocycles. The standard InChI is InChI=1S/C22H24F2N2O3S/c23-17-14-20(24)19-4-3-13-26(21(19)15-17)22(27)10-7-16-5-8-18(9-6-16)30(28,29)25-11-1-2-12-25/h5-6,8-9,14-15H,1-4,7,10-13H2. The van der Waals surface area contributed by atoms with Crippen molar-refractivity contribution in [2.24, 2.45) is 0 Å². The van der Waals surface area contributed by atoms with Gasteiger partial charge in [-0.15, -0.1) is 0 Å². The molecule has 1 saturated heterocycles. The number of anilines is 1. The molecule has 1 fully saturated rings. The zero-order valence-electron chi connectivity index (χ0n) is 16.6. The Morgan fingerprint density at radius 2 is 1.67 bits per heavy atom. The Kier molecular flexibility index (Phi) is 5.88. The summed E-state index contributed by atoms with van der Waals surface area (Å²) in [6, 6.07) is 8.67. The average molecular weight is 435 g/mol. The third-order valence-corrected chi connectivity index (χ3v) is 7.70. The quantitative estimate of drug-likeness (QED) is 0.722. The number of aryl methyl sites for hydroxylation is 1. The first-order valence-corrected chi connectivity index (χ1v) is 11.7. The van der Waals surface area contributed by atoms with E-state index >= 15 is 0 Å². The maximum atomic E-state index is 14.0. The molecule has 0 aromatic heterocycles. The Bertz CT molecular complexity index is 1050. The summed E-state index contributed by atoms with van der Waals surface area (Å²) in [4.78, 5) is 14.5. The number of nitrogens with zero attached hydrogens (tertiary/aromatic N) is 2. The van der Waals surface area contributed by atoms with Crippen molar-refractivity contribution in [2.45, 2.75) is 43.4 Å². The normalized spacial score (nSPS) is 17.2. The first-order valence-electron chi connectivity index (χ1n) is 10.2. The van der Waals surface area contributed by atoms with Gasteiger partial charge in [0.1, 0.15) is 11.6 Å². The molecule has 2 aliphatic rings. The first kappa shape index (κ1) is 20.9. The van der Waals surface area contributed by atoms with Crippen LogP contribution in [0.2, 0.25) is 0 Å². The topological polar surface area (TPSA) is 57.7 Å². The van der Waals surface area contributed by atoms with Crippen molar-refractivity contribution >= 4 is 21.6 Å². The third kappa shape index (κ3) is 4.11.